The highest BCUT2D eigenvalue weighted by Gasteiger charge is 2.12. The van der Waals surface area contributed by atoms with Crippen molar-refractivity contribution in [3.63, 3.8) is 0 Å². The number of ether oxygens (including phenoxy) is 1. The van der Waals surface area contributed by atoms with Crippen LogP contribution in [-0.2, 0) is 13.5 Å². The van der Waals surface area contributed by atoms with Gasteiger partial charge in [-0.15, -0.1) is 10.2 Å². The molecule has 2 aromatic heterocycles. The second-order valence-electron chi connectivity index (χ2n) is 3.55. The second-order valence-corrected chi connectivity index (χ2v) is 3.55. The minimum absolute atomic E-state index is 0.307. The molecular weight excluding hydrogens is 222 g/mol. The van der Waals surface area contributed by atoms with E-state index in [-0.39, 0.29) is 0 Å². The maximum Gasteiger partial charge on any atom is 0.212 e. The summed E-state index contributed by atoms with van der Waals surface area (Å²) < 4.78 is 4.94. The number of aryl methyl sites for hydroxylation is 1. The molecule has 0 aromatic carbocycles. The van der Waals surface area contributed by atoms with Gasteiger partial charge in [0.05, 0.1) is 20.3 Å². The van der Waals surface area contributed by atoms with E-state index in [0.29, 0.717) is 23.7 Å². The molecule has 1 atom stereocenters. The maximum absolute atomic E-state index is 9.95. The summed E-state index contributed by atoms with van der Waals surface area (Å²) in [5, 5.41) is 21.5. The van der Waals surface area contributed by atoms with Crippen molar-refractivity contribution in [1.82, 2.24) is 25.2 Å². The summed E-state index contributed by atoms with van der Waals surface area (Å²) in [7, 11) is 3.22. The molecule has 0 aliphatic heterocycles. The van der Waals surface area contributed by atoms with Crippen LogP contribution in [0.15, 0.2) is 18.3 Å². The van der Waals surface area contributed by atoms with E-state index in [2.05, 4.69) is 20.4 Å². The van der Waals surface area contributed by atoms with Crippen molar-refractivity contribution < 1.29 is 9.84 Å². The summed E-state index contributed by atoms with van der Waals surface area (Å²) in [5.41, 5.74) is 0.693. The zero-order chi connectivity index (χ0) is 12.3. The molecule has 0 fully saturated rings. The molecule has 7 heteroatoms. The molecule has 0 radical (unpaired) electrons. The van der Waals surface area contributed by atoms with Crippen molar-refractivity contribution in [3.05, 3.63) is 29.7 Å². The lowest BCUT2D eigenvalue weighted by Gasteiger charge is -2.08. The molecule has 0 aliphatic carbocycles. The Morgan fingerprint density at radius 2 is 2.29 bits per heavy atom. The number of aliphatic hydroxyl groups excluding tert-OH is 1. The van der Waals surface area contributed by atoms with Crippen LogP contribution in [0.4, 0.5) is 0 Å². The minimum atomic E-state index is -0.697. The molecule has 0 saturated carbocycles. The highest BCUT2D eigenvalue weighted by molar-refractivity contribution is 5.20. The van der Waals surface area contributed by atoms with Gasteiger partial charge in [0.2, 0.25) is 5.88 Å². The van der Waals surface area contributed by atoms with Crippen LogP contribution in [0, 0.1) is 0 Å². The van der Waals surface area contributed by atoms with Crippen molar-refractivity contribution in [2.75, 3.05) is 7.11 Å². The Morgan fingerprint density at radius 3 is 2.82 bits per heavy atom. The van der Waals surface area contributed by atoms with Gasteiger partial charge in [-0.05, 0) is 16.8 Å². The number of hydrogen-bond acceptors (Lipinski definition) is 6. The number of pyridine rings is 1. The van der Waals surface area contributed by atoms with Gasteiger partial charge in [0, 0.05) is 18.7 Å². The van der Waals surface area contributed by atoms with E-state index in [1.807, 2.05) is 0 Å². The van der Waals surface area contributed by atoms with Crippen LogP contribution in [0.25, 0.3) is 0 Å². The largest absolute Gasteiger partial charge is 0.481 e. The SMILES string of the molecule is COc1ccc(C(O)Cc2nnn(C)n2)cn1. The summed E-state index contributed by atoms with van der Waals surface area (Å²) in [4.78, 5) is 5.38. The summed E-state index contributed by atoms with van der Waals surface area (Å²) in [6.45, 7) is 0. The lowest BCUT2D eigenvalue weighted by Crippen LogP contribution is -2.04. The van der Waals surface area contributed by atoms with Crippen LogP contribution in [0.2, 0.25) is 0 Å². The summed E-state index contributed by atoms with van der Waals surface area (Å²) in [6, 6.07) is 3.45. The molecule has 0 spiro atoms. The first-order valence-corrected chi connectivity index (χ1v) is 5.10. The summed E-state index contributed by atoms with van der Waals surface area (Å²) in [5.74, 6) is 1.01. The van der Waals surface area contributed by atoms with Gasteiger partial charge in [0.1, 0.15) is 0 Å². The molecular formula is C10H13N5O2. The van der Waals surface area contributed by atoms with Crippen LogP contribution in [0.1, 0.15) is 17.5 Å². The molecule has 1 N–H and O–H groups in total. The maximum atomic E-state index is 9.95. The van der Waals surface area contributed by atoms with Crippen LogP contribution < -0.4 is 4.74 Å². The Morgan fingerprint density at radius 1 is 1.47 bits per heavy atom. The van der Waals surface area contributed by atoms with Crippen LogP contribution in [0.3, 0.4) is 0 Å². The third-order valence-corrected chi connectivity index (χ3v) is 2.28. The van der Waals surface area contributed by atoms with Crippen molar-refractivity contribution >= 4 is 0 Å². The zero-order valence-electron chi connectivity index (χ0n) is 9.61. The predicted molar refractivity (Wildman–Crippen MR) is 58.3 cm³/mol. The Labute approximate surface area is 98.1 Å². The first-order valence-electron chi connectivity index (χ1n) is 5.10. The fourth-order valence-corrected chi connectivity index (χ4v) is 1.41. The number of rotatable bonds is 4. The predicted octanol–water partition coefficient (Wildman–Crippen LogP) is -0.110. The van der Waals surface area contributed by atoms with Gasteiger partial charge < -0.3 is 9.84 Å². The third kappa shape index (κ3) is 2.76. The fourth-order valence-electron chi connectivity index (χ4n) is 1.41. The average molecular weight is 235 g/mol. The molecule has 0 aliphatic rings. The van der Waals surface area contributed by atoms with E-state index in [1.165, 1.54) is 4.80 Å². The highest BCUT2D eigenvalue weighted by Crippen LogP contribution is 2.17. The van der Waals surface area contributed by atoms with Crippen LogP contribution in [0.5, 0.6) is 5.88 Å². The Hall–Kier alpha value is -2.02. The highest BCUT2D eigenvalue weighted by atomic mass is 16.5. The molecule has 0 saturated heterocycles. The Kier molecular flexibility index (Phi) is 3.29. The number of aliphatic hydroxyl groups is 1. The molecule has 90 valence electrons. The number of tetrazole rings is 1. The number of aromatic nitrogens is 5. The third-order valence-electron chi connectivity index (χ3n) is 2.28. The van der Waals surface area contributed by atoms with Crippen molar-refractivity contribution in [2.45, 2.75) is 12.5 Å². The van der Waals surface area contributed by atoms with E-state index < -0.39 is 6.10 Å². The van der Waals surface area contributed by atoms with E-state index in [1.54, 1.807) is 32.5 Å². The van der Waals surface area contributed by atoms with Crippen molar-refractivity contribution in [1.29, 1.82) is 0 Å². The van der Waals surface area contributed by atoms with Gasteiger partial charge in [-0.2, -0.15) is 4.80 Å². The quantitative estimate of drug-likeness (QED) is 0.795. The van der Waals surface area contributed by atoms with E-state index in [0.717, 1.165) is 0 Å². The Balaban J connectivity index is 2.06. The van der Waals surface area contributed by atoms with Crippen molar-refractivity contribution in [2.24, 2.45) is 7.05 Å². The van der Waals surface area contributed by atoms with Gasteiger partial charge in [-0.1, -0.05) is 0 Å². The van der Waals surface area contributed by atoms with Gasteiger partial charge in [0.15, 0.2) is 5.82 Å². The average Bonchev–Trinajstić information content (AvgIpc) is 2.75. The molecule has 2 rings (SSSR count). The van der Waals surface area contributed by atoms with Gasteiger partial charge in [-0.25, -0.2) is 4.98 Å². The second kappa shape index (κ2) is 4.88. The van der Waals surface area contributed by atoms with Crippen LogP contribution >= 0.6 is 0 Å². The van der Waals surface area contributed by atoms with Crippen molar-refractivity contribution in [3.8, 4) is 5.88 Å². The molecule has 2 heterocycles. The van der Waals surface area contributed by atoms with E-state index in [9.17, 15) is 5.11 Å². The molecule has 0 amide bonds. The van der Waals surface area contributed by atoms with Crippen LogP contribution in [-0.4, -0.2) is 37.4 Å². The minimum Gasteiger partial charge on any atom is -0.481 e. The van der Waals surface area contributed by atoms with Gasteiger partial charge >= 0.3 is 0 Å². The molecule has 17 heavy (non-hydrogen) atoms. The monoisotopic (exact) mass is 235 g/mol. The standard InChI is InChI=1S/C10H13N5O2/c1-15-13-9(12-14-15)5-8(16)7-3-4-10(17-2)11-6-7/h3-4,6,8,16H,5H2,1-2H3. The van der Waals surface area contributed by atoms with E-state index in [4.69, 9.17) is 4.74 Å². The Bertz CT molecular complexity index is 482. The lowest BCUT2D eigenvalue weighted by atomic mass is 10.1. The first-order chi connectivity index (χ1) is 8.19. The molecule has 2 aromatic rings. The summed E-state index contributed by atoms with van der Waals surface area (Å²) in [6.07, 6.45) is 1.18. The first kappa shape index (κ1) is 11.5. The molecule has 7 nitrogen and oxygen atoms in total. The number of methoxy groups -OCH3 is 1. The normalized spacial score (nSPS) is 12.4. The van der Waals surface area contributed by atoms with Gasteiger partial charge in [0.25, 0.3) is 0 Å². The number of nitrogens with zero attached hydrogens (tertiary/aromatic N) is 5. The zero-order valence-corrected chi connectivity index (χ0v) is 9.61. The molecule has 1 unspecified atom stereocenters. The van der Waals surface area contributed by atoms with Gasteiger partial charge in [-0.3, -0.25) is 0 Å². The lowest BCUT2D eigenvalue weighted by molar-refractivity contribution is 0.175. The summed E-state index contributed by atoms with van der Waals surface area (Å²) >= 11 is 0. The molecule has 0 bridgehead atoms. The smallest absolute Gasteiger partial charge is 0.212 e. The van der Waals surface area contributed by atoms with E-state index >= 15 is 0 Å². The fraction of sp³-hybridized carbons (Fsp3) is 0.400. The topological polar surface area (TPSA) is 86.0 Å². The number of hydrogen-bond donors (Lipinski definition) is 1.